The molecule has 98 valence electrons. The highest BCUT2D eigenvalue weighted by Gasteiger charge is 2.15. The van der Waals surface area contributed by atoms with Crippen molar-refractivity contribution in [2.24, 2.45) is 5.92 Å². The van der Waals surface area contributed by atoms with Gasteiger partial charge in [-0.2, -0.15) is 0 Å². The maximum atomic E-state index is 13.6. The van der Waals surface area contributed by atoms with Crippen LogP contribution in [0.1, 0.15) is 37.9 Å². The number of amides is 1. The summed E-state index contributed by atoms with van der Waals surface area (Å²) in [6.07, 6.45) is 10.2. The average molecular weight is 251 g/mol. The lowest BCUT2D eigenvalue weighted by Gasteiger charge is -2.17. The maximum absolute atomic E-state index is 13.6. The van der Waals surface area contributed by atoms with Crippen LogP contribution in [0.3, 0.4) is 0 Å². The average Bonchev–Trinajstić information content (AvgIpc) is 2.90. The Hall–Kier alpha value is -1.65. The van der Waals surface area contributed by atoms with E-state index in [1.807, 2.05) is 0 Å². The number of halogens is 1. The van der Waals surface area contributed by atoms with Crippen molar-refractivity contribution in [3.63, 3.8) is 0 Å². The fraction of sp³-hybridized carbons (Fsp3) is 0.538. The second kappa shape index (κ2) is 6.33. The van der Waals surface area contributed by atoms with E-state index in [1.54, 1.807) is 12.4 Å². The Labute approximate surface area is 106 Å². The predicted octanol–water partition coefficient (Wildman–Crippen LogP) is 2.46. The van der Waals surface area contributed by atoms with Crippen LogP contribution < -0.4 is 5.32 Å². The van der Waals surface area contributed by atoms with Crippen LogP contribution in [0.2, 0.25) is 0 Å². The minimum Gasteiger partial charge on any atom is -0.347 e. The number of H-pyrrole nitrogens is 1. The van der Waals surface area contributed by atoms with E-state index in [0.717, 1.165) is 25.7 Å². The van der Waals surface area contributed by atoms with E-state index in [0.29, 0.717) is 5.82 Å². The van der Waals surface area contributed by atoms with E-state index < -0.39 is 11.7 Å². The minimum absolute atomic E-state index is 0.216. The number of carbonyl (C=O) groups excluding carboxylic acids is 1. The number of hydrogen-bond acceptors (Lipinski definition) is 2. The third kappa shape index (κ3) is 3.68. The molecule has 1 fully saturated rings. The summed E-state index contributed by atoms with van der Waals surface area (Å²) in [5.74, 6) is -0.493. The summed E-state index contributed by atoms with van der Waals surface area (Å²) in [5.41, 5.74) is 0. The molecule has 0 unspecified atom stereocenters. The van der Waals surface area contributed by atoms with Crippen molar-refractivity contribution in [2.45, 2.75) is 38.6 Å². The van der Waals surface area contributed by atoms with E-state index in [-0.39, 0.29) is 12.5 Å². The Kier molecular flexibility index (Phi) is 4.50. The molecule has 2 N–H and O–H groups in total. The maximum Gasteiger partial charge on any atom is 0.280 e. The fourth-order valence-electron chi connectivity index (χ4n) is 2.23. The zero-order chi connectivity index (χ0) is 12.8. The molecule has 1 amide bonds. The number of hydrogen-bond donors (Lipinski definition) is 2. The van der Waals surface area contributed by atoms with Gasteiger partial charge >= 0.3 is 0 Å². The third-order valence-electron chi connectivity index (χ3n) is 3.22. The molecule has 4 nitrogen and oxygen atoms in total. The van der Waals surface area contributed by atoms with Crippen LogP contribution in [-0.4, -0.2) is 15.9 Å². The van der Waals surface area contributed by atoms with Gasteiger partial charge < -0.3 is 10.3 Å². The summed E-state index contributed by atoms with van der Waals surface area (Å²) >= 11 is 0. The van der Waals surface area contributed by atoms with Crippen LogP contribution in [0, 0.1) is 5.92 Å². The summed E-state index contributed by atoms with van der Waals surface area (Å²) in [7, 11) is 0. The number of carbonyl (C=O) groups is 1. The second-order valence-electron chi connectivity index (χ2n) is 4.63. The number of nitrogens with zero attached hydrogens (tertiary/aromatic N) is 1. The lowest BCUT2D eigenvalue weighted by molar-refractivity contribution is -0.119. The molecule has 5 heteroatoms. The van der Waals surface area contributed by atoms with Crippen LogP contribution in [0.15, 0.2) is 24.3 Å². The summed E-state index contributed by atoms with van der Waals surface area (Å²) < 4.78 is 13.6. The first-order valence-electron chi connectivity index (χ1n) is 6.39. The Morgan fingerprint density at radius 3 is 2.94 bits per heavy atom. The zero-order valence-electron chi connectivity index (χ0n) is 10.3. The second-order valence-corrected chi connectivity index (χ2v) is 4.63. The van der Waals surface area contributed by atoms with Gasteiger partial charge in [-0.05, 0) is 24.8 Å². The smallest absolute Gasteiger partial charge is 0.280 e. The summed E-state index contributed by atoms with van der Waals surface area (Å²) in [4.78, 5) is 18.3. The number of imidazole rings is 1. The number of aromatic amines is 1. The first kappa shape index (κ1) is 12.8. The molecule has 1 aromatic rings. The molecule has 0 saturated heterocycles. The predicted molar refractivity (Wildman–Crippen MR) is 66.2 cm³/mol. The van der Waals surface area contributed by atoms with Crippen molar-refractivity contribution in [1.29, 1.82) is 0 Å². The topological polar surface area (TPSA) is 57.8 Å². The molecule has 1 aliphatic carbocycles. The Balaban J connectivity index is 1.81. The van der Waals surface area contributed by atoms with Gasteiger partial charge in [0.25, 0.3) is 5.91 Å². The molecule has 0 aromatic carbocycles. The first-order valence-corrected chi connectivity index (χ1v) is 6.39. The molecule has 0 radical (unpaired) electrons. The highest BCUT2D eigenvalue weighted by atomic mass is 19.1. The molecule has 0 atom stereocenters. The molecule has 1 aromatic heterocycles. The molecular formula is C13H18FN3O. The molecule has 18 heavy (non-hydrogen) atoms. The van der Waals surface area contributed by atoms with E-state index in [2.05, 4.69) is 15.3 Å². The molecule has 1 heterocycles. The van der Waals surface area contributed by atoms with E-state index in [4.69, 9.17) is 0 Å². The highest BCUT2D eigenvalue weighted by molar-refractivity contribution is 5.91. The lowest BCUT2D eigenvalue weighted by Crippen LogP contribution is -2.24. The molecule has 1 saturated carbocycles. The first-order chi connectivity index (χ1) is 8.75. The van der Waals surface area contributed by atoms with Gasteiger partial charge in [0.15, 0.2) is 5.83 Å². The monoisotopic (exact) mass is 251 g/mol. The molecule has 2 rings (SSSR count). The van der Waals surface area contributed by atoms with Crippen molar-refractivity contribution in [1.82, 2.24) is 15.3 Å². The highest BCUT2D eigenvalue weighted by Crippen LogP contribution is 2.25. The third-order valence-corrected chi connectivity index (χ3v) is 3.22. The number of allylic oxidation sites excluding steroid dienone is 1. The van der Waals surface area contributed by atoms with Crippen LogP contribution in [0.25, 0.3) is 0 Å². The van der Waals surface area contributed by atoms with Crippen molar-refractivity contribution in [3.05, 3.63) is 30.1 Å². The summed E-state index contributed by atoms with van der Waals surface area (Å²) in [6, 6.07) is 0. The van der Waals surface area contributed by atoms with Crippen molar-refractivity contribution in [3.8, 4) is 0 Å². The molecule has 1 aliphatic rings. The molecule has 0 spiro atoms. The van der Waals surface area contributed by atoms with Gasteiger partial charge in [-0.3, -0.25) is 4.79 Å². The van der Waals surface area contributed by atoms with E-state index in [1.165, 1.54) is 12.5 Å². The van der Waals surface area contributed by atoms with Gasteiger partial charge in [0.05, 0.1) is 6.54 Å². The van der Waals surface area contributed by atoms with Crippen LogP contribution >= 0.6 is 0 Å². The number of aromatic nitrogens is 2. The fourth-order valence-corrected chi connectivity index (χ4v) is 2.23. The Bertz CT molecular complexity index is 408. The standard InChI is InChI=1S/C13H18FN3O/c14-11(8-10-4-2-1-3-5-10)13(18)17-9-12-15-6-7-16-12/h6-8,10H,1-5,9H2,(H,15,16)(H,17,18)/b11-8-. The van der Waals surface area contributed by atoms with Gasteiger partial charge in [-0.15, -0.1) is 0 Å². The van der Waals surface area contributed by atoms with E-state index in [9.17, 15) is 9.18 Å². The zero-order valence-corrected chi connectivity index (χ0v) is 10.3. The van der Waals surface area contributed by atoms with E-state index >= 15 is 0 Å². The largest absolute Gasteiger partial charge is 0.347 e. The lowest BCUT2D eigenvalue weighted by atomic mass is 9.89. The van der Waals surface area contributed by atoms with Gasteiger partial charge in [0, 0.05) is 12.4 Å². The summed E-state index contributed by atoms with van der Waals surface area (Å²) in [6.45, 7) is 0.220. The van der Waals surface area contributed by atoms with Crippen molar-refractivity contribution >= 4 is 5.91 Å². The SMILES string of the molecule is O=C(NCc1ncc[nH]1)/C(F)=C/C1CCCCC1. The summed E-state index contributed by atoms with van der Waals surface area (Å²) in [5, 5.41) is 2.50. The van der Waals surface area contributed by atoms with Crippen molar-refractivity contribution < 1.29 is 9.18 Å². The Morgan fingerprint density at radius 1 is 1.50 bits per heavy atom. The number of rotatable bonds is 4. The van der Waals surface area contributed by atoms with Gasteiger partial charge in [-0.25, -0.2) is 9.37 Å². The molecule has 0 bridgehead atoms. The van der Waals surface area contributed by atoms with Crippen molar-refractivity contribution in [2.75, 3.05) is 0 Å². The van der Waals surface area contributed by atoms with Gasteiger partial charge in [-0.1, -0.05) is 19.3 Å². The van der Waals surface area contributed by atoms with Gasteiger partial charge in [0.2, 0.25) is 0 Å². The minimum atomic E-state index is -0.673. The van der Waals surface area contributed by atoms with Gasteiger partial charge in [0.1, 0.15) is 5.82 Å². The normalized spacial score (nSPS) is 17.7. The van der Waals surface area contributed by atoms with Crippen LogP contribution in [0.4, 0.5) is 4.39 Å². The Morgan fingerprint density at radius 2 is 2.28 bits per heavy atom. The number of nitrogens with one attached hydrogen (secondary N) is 2. The molecule has 0 aliphatic heterocycles. The van der Waals surface area contributed by atoms with Crippen LogP contribution in [-0.2, 0) is 11.3 Å². The van der Waals surface area contributed by atoms with Crippen LogP contribution in [0.5, 0.6) is 0 Å². The molecular weight excluding hydrogens is 233 g/mol. The quantitative estimate of drug-likeness (QED) is 0.808.